The smallest absolute Gasteiger partial charge is 0.202 e. The molecule has 2 rings (SSSR count). The summed E-state index contributed by atoms with van der Waals surface area (Å²) in [5, 5.41) is 48.3. The maximum atomic E-state index is 12.2. The fraction of sp³-hybridized carbons (Fsp3) is 0.188. The lowest BCUT2D eigenvalue weighted by atomic mass is 9.98. The van der Waals surface area contributed by atoms with Gasteiger partial charge in [0.05, 0.1) is 7.11 Å². The van der Waals surface area contributed by atoms with Crippen molar-refractivity contribution in [2.45, 2.75) is 12.5 Å². The summed E-state index contributed by atoms with van der Waals surface area (Å²) in [5.41, 5.74) is 0.164. The Hall–Kier alpha value is -2.93. The van der Waals surface area contributed by atoms with E-state index >= 15 is 0 Å². The van der Waals surface area contributed by atoms with Crippen LogP contribution >= 0.6 is 0 Å². The molecule has 0 saturated carbocycles. The molecule has 0 heterocycles. The minimum Gasteiger partial charge on any atom is -0.508 e. The first-order valence-electron chi connectivity index (χ1n) is 6.66. The maximum absolute atomic E-state index is 12.2. The van der Waals surface area contributed by atoms with Gasteiger partial charge in [0, 0.05) is 18.1 Å². The highest BCUT2D eigenvalue weighted by Crippen LogP contribution is 2.37. The summed E-state index contributed by atoms with van der Waals surface area (Å²) in [6, 6.07) is 5.93. The van der Waals surface area contributed by atoms with Crippen LogP contribution in [-0.4, -0.2) is 44.5 Å². The third-order valence-electron chi connectivity index (χ3n) is 3.32. The van der Waals surface area contributed by atoms with Crippen LogP contribution in [0.3, 0.4) is 0 Å². The van der Waals surface area contributed by atoms with E-state index in [1.807, 2.05) is 0 Å². The number of aliphatic hydroxyl groups excluding tert-OH is 1. The zero-order chi connectivity index (χ0) is 17.1. The predicted molar refractivity (Wildman–Crippen MR) is 80.1 cm³/mol. The minimum absolute atomic E-state index is 0.105. The van der Waals surface area contributed by atoms with Crippen LogP contribution < -0.4 is 4.74 Å². The lowest BCUT2D eigenvalue weighted by Gasteiger charge is -2.13. The van der Waals surface area contributed by atoms with Crippen molar-refractivity contribution >= 4 is 5.78 Å². The molecule has 7 nitrogen and oxygen atoms in total. The number of aromatic hydroxyl groups is 4. The predicted octanol–water partition coefficient (Wildman–Crippen LogP) is 1.30. The molecule has 0 aromatic heterocycles. The summed E-state index contributed by atoms with van der Waals surface area (Å²) < 4.78 is 4.76. The van der Waals surface area contributed by atoms with Crippen molar-refractivity contribution < 1.29 is 35.1 Å². The number of rotatable bonds is 5. The number of Topliss-reactive ketones (excluding diaryl/α,β-unsaturated/α-hetero) is 1. The Morgan fingerprint density at radius 1 is 1.04 bits per heavy atom. The van der Waals surface area contributed by atoms with Crippen LogP contribution in [0.5, 0.6) is 28.7 Å². The quantitative estimate of drug-likeness (QED) is 0.525. The third-order valence-corrected chi connectivity index (χ3v) is 3.32. The standard InChI is InChI=1S/C16H16O7/c1-23-16-13(20)5-9(6-14(16)21)15(22)12(19)4-8-2-3-10(17)7-11(8)18/h2-3,5-7,12,17-21H,4H2,1H3. The lowest BCUT2D eigenvalue weighted by Crippen LogP contribution is -2.23. The van der Waals surface area contributed by atoms with Crippen LogP contribution in [0.2, 0.25) is 0 Å². The number of hydrogen-bond donors (Lipinski definition) is 5. The molecule has 7 heteroatoms. The van der Waals surface area contributed by atoms with E-state index in [4.69, 9.17) is 4.74 Å². The van der Waals surface area contributed by atoms with E-state index < -0.39 is 23.4 Å². The van der Waals surface area contributed by atoms with Crippen molar-refractivity contribution in [3.8, 4) is 28.7 Å². The van der Waals surface area contributed by atoms with Gasteiger partial charge in [0.25, 0.3) is 0 Å². The van der Waals surface area contributed by atoms with Crippen LogP contribution in [0.4, 0.5) is 0 Å². The molecule has 23 heavy (non-hydrogen) atoms. The molecule has 0 aliphatic heterocycles. The van der Waals surface area contributed by atoms with Gasteiger partial charge in [-0.15, -0.1) is 0 Å². The zero-order valence-corrected chi connectivity index (χ0v) is 12.2. The molecular weight excluding hydrogens is 304 g/mol. The molecule has 2 aromatic carbocycles. The molecule has 0 amide bonds. The molecule has 0 saturated heterocycles. The number of hydrogen-bond acceptors (Lipinski definition) is 7. The minimum atomic E-state index is -1.50. The van der Waals surface area contributed by atoms with E-state index in [-0.39, 0.29) is 34.8 Å². The summed E-state index contributed by atoms with van der Waals surface area (Å²) in [6.45, 7) is 0. The SMILES string of the molecule is COc1c(O)cc(C(=O)C(O)Cc2ccc(O)cc2O)cc1O. The van der Waals surface area contributed by atoms with Gasteiger partial charge in [-0.05, 0) is 23.8 Å². The first-order chi connectivity index (χ1) is 10.8. The first kappa shape index (κ1) is 16.4. The van der Waals surface area contributed by atoms with E-state index in [9.17, 15) is 30.3 Å². The molecule has 0 radical (unpaired) electrons. The Labute approximate surface area is 131 Å². The Morgan fingerprint density at radius 2 is 1.65 bits per heavy atom. The maximum Gasteiger partial charge on any atom is 0.202 e. The number of benzene rings is 2. The molecule has 1 atom stereocenters. The fourth-order valence-electron chi connectivity index (χ4n) is 2.17. The van der Waals surface area contributed by atoms with Gasteiger partial charge in [0.2, 0.25) is 5.75 Å². The fourth-order valence-corrected chi connectivity index (χ4v) is 2.17. The summed E-state index contributed by atoms with van der Waals surface area (Å²) in [7, 11) is 1.25. The van der Waals surface area contributed by atoms with Crippen LogP contribution in [-0.2, 0) is 6.42 Å². The Kier molecular flexibility index (Phi) is 4.61. The average molecular weight is 320 g/mol. The van der Waals surface area contributed by atoms with Crippen LogP contribution in [0.25, 0.3) is 0 Å². The van der Waals surface area contributed by atoms with Crippen molar-refractivity contribution in [2.24, 2.45) is 0 Å². The van der Waals surface area contributed by atoms with Gasteiger partial charge in [-0.25, -0.2) is 0 Å². The second kappa shape index (κ2) is 6.45. The van der Waals surface area contributed by atoms with Gasteiger partial charge < -0.3 is 30.3 Å². The van der Waals surface area contributed by atoms with Crippen molar-refractivity contribution in [1.82, 2.24) is 0 Å². The summed E-state index contributed by atoms with van der Waals surface area (Å²) >= 11 is 0. The topological polar surface area (TPSA) is 127 Å². The molecule has 0 fully saturated rings. The lowest BCUT2D eigenvalue weighted by molar-refractivity contribution is 0.0746. The molecule has 0 aliphatic carbocycles. The monoisotopic (exact) mass is 320 g/mol. The van der Waals surface area contributed by atoms with Gasteiger partial charge in [-0.2, -0.15) is 0 Å². The third kappa shape index (κ3) is 3.46. The summed E-state index contributed by atoms with van der Waals surface area (Å²) in [4.78, 5) is 12.2. The second-order valence-corrected chi connectivity index (χ2v) is 4.94. The van der Waals surface area contributed by atoms with Crippen LogP contribution in [0, 0.1) is 0 Å². The highest BCUT2D eigenvalue weighted by Gasteiger charge is 2.22. The Balaban J connectivity index is 2.23. The van der Waals surface area contributed by atoms with E-state index in [2.05, 4.69) is 0 Å². The molecule has 122 valence electrons. The Morgan fingerprint density at radius 3 is 2.17 bits per heavy atom. The zero-order valence-electron chi connectivity index (χ0n) is 12.2. The van der Waals surface area contributed by atoms with Crippen molar-refractivity contribution in [1.29, 1.82) is 0 Å². The van der Waals surface area contributed by atoms with Crippen molar-refractivity contribution in [2.75, 3.05) is 7.11 Å². The highest BCUT2D eigenvalue weighted by molar-refractivity contribution is 6.00. The van der Waals surface area contributed by atoms with Gasteiger partial charge in [-0.3, -0.25) is 4.79 Å². The largest absolute Gasteiger partial charge is 0.508 e. The summed E-state index contributed by atoms with van der Waals surface area (Å²) in [6.07, 6.45) is -1.70. The molecule has 2 aromatic rings. The van der Waals surface area contributed by atoms with Gasteiger partial charge in [-0.1, -0.05) is 6.07 Å². The number of phenolic OH excluding ortho intramolecular Hbond substituents is 4. The molecule has 5 N–H and O–H groups in total. The number of methoxy groups -OCH3 is 1. The average Bonchev–Trinajstić information content (AvgIpc) is 2.48. The van der Waals surface area contributed by atoms with Crippen molar-refractivity contribution in [3.05, 3.63) is 41.5 Å². The number of ketones is 1. The van der Waals surface area contributed by atoms with Gasteiger partial charge in [0.15, 0.2) is 17.3 Å². The molecule has 0 aliphatic rings. The molecular formula is C16H16O7. The summed E-state index contributed by atoms with van der Waals surface area (Å²) in [5.74, 6) is -2.18. The number of carbonyl (C=O) groups excluding carboxylic acids is 1. The van der Waals surface area contributed by atoms with E-state index in [1.165, 1.54) is 19.2 Å². The first-order valence-corrected chi connectivity index (χ1v) is 6.66. The van der Waals surface area contributed by atoms with E-state index in [0.717, 1.165) is 18.2 Å². The Bertz CT molecular complexity index is 716. The highest BCUT2D eigenvalue weighted by atomic mass is 16.5. The van der Waals surface area contributed by atoms with Crippen LogP contribution in [0.1, 0.15) is 15.9 Å². The normalized spacial score (nSPS) is 11.9. The number of ether oxygens (including phenoxy) is 1. The van der Waals surface area contributed by atoms with Crippen LogP contribution in [0.15, 0.2) is 30.3 Å². The van der Waals surface area contributed by atoms with E-state index in [1.54, 1.807) is 0 Å². The van der Waals surface area contributed by atoms with Gasteiger partial charge in [0.1, 0.15) is 17.6 Å². The molecule has 0 bridgehead atoms. The number of phenols is 4. The van der Waals surface area contributed by atoms with E-state index in [0.29, 0.717) is 0 Å². The number of carbonyl (C=O) groups is 1. The second-order valence-electron chi connectivity index (χ2n) is 4.94. The van der Waals surface area contributed by atoms with Crippen molar-refractivity contribution in [3.63, 3.8) is 0 Å². The number of aliphatic hydroxyl groups is 1. The molecule has 0 spiro atoms. The molecule has 1 unspecified atom stereocenters. The van der Waals surface area contributed by atoms with Gasteiger partial charge >= 0.3 is 0 Å².